The predicted octanol–water partition coefficient (Wildman–Crippen LogP) is 3.14. The van der Waals surface area contributed by atoms with Gasteiger partial charge in [0.1, 0.15) is 11.8 Å². The first-order chi connectivity index (χ1) is 16.4. The Morgan fingerprint density at radius 2 is 1.53 bits per heavy atom. The van der Waals surface area contributed by atoms with Crippen molar-refractivity contribution in [3.8, 4) is 5.75 Å². The number of para-hydroxylation sites is 1. The zero-order valence-electron chi connectivity index (χ0n) is 20.3. The molecular weight excluding hydrogens is 430 g/mol. The van der Waals surface area contributed by atoms with Crippen molar-refractivity contribution in [2.24, 2.45) is 5.92 Å². The van der Waals surface area contributed by atoms with Gasteiger partial charge in [0.2, 0.25) is 11.8 Å². The lowest BCUT2D eigenvalue weighted by Gasteiger charge is -2.37. The molecule has 1 fully saturated rings. The number of carbonyl (C=O) groups is 3. The lowest BCUT2D eigenvalue weighted by Crippen LogP contribution is -2.57. The third-order valence-electron chi connectivity index (χ3n) is 6.21. The van der Waals surface area contributed by atoms with Gasteiger partial charge >= 0.3 is 0 Å². The van der Waals surface area contributed by atoms with Crippen LogP contribution in [0.2, 0.25) is 0 Å². The molecule has 182 valence electrons. The van der Waals surface area contributed by atoms with Crippen molar-refractivity contribution in [3.05, 3.63) is 65.7 Å². The van der Waals surface area contributed by atoms with Gasteiger partial charge < -0.3 is 19.9 Å². The number of methoxy groups -OCH3 is 1. The van der Waals surface area contributed by atoms with E-state index in [2.05, 4.69) is 17.4 Å². The monoisotopic (exact) mass is 465 g/mol. The number of nitrogens with zero attached hydrogens (tertiary/aromatic N) is 2. The Hall–Kier alpha value is -3.35. The van der Waals surface area contributed by atoms with Crippen molar-refractivity contribution in [2.75, 3.05) is 33.3 Å². The highest BCUT2D eigenvalue weighted by molar-refractivity contribution is 5.99. The van der Waals surface area contributed by atoms with Crippen LogP contribution in [0, 0.1) is 5.92 Å². The molecule has 0 saturated carbocycles. The summed E-state index contributed by atoms with van der Waals surface area (Å²) in [6, 6.07) is 16.5. The zero-order chi connectivity index (χ0) is 24.5. The molecule has 0 bridgehead atoms. The molecule has 0 radical (unpaired) electrons. The van der Waals surface area contributed by atoms with Crippen LogP contribution in [-0.4, -0.2) is 66.9 Å². The third-order valence-corrected chi connectivity index (χ3v) is 6.21. The summed E-state index contributed by atoms with van der Waals surface area (Å²) in [5, 5.41) is 2.89. The van der Waals surface area contributed by atoms with Crippen LogP contribution in [0.4, 0.5) is 0 Å². The fraction of sp³-hybridized carbons (Fsp3) is 0.444. The number of aryl methyl sites for hydroxylation is 1. The summed E-state index contributed by atoms with van der Waals surface area (Å²) in [6.07, 6.45) is 2.20. The average Bonchev–Trinajstić information content (AvgIpc) is 2.87. The highest BCUT2D eigenvalue weighted by Crippen LogP contribution is 2.18. The van der Waals surface area contributed by atoms with Crippen molar-refractivity contribution in [1.82, 2.24) is 15.1 Å². The van der Waals surface area contributed by atoms with Gasteiger partial charge in [-0.25, -0.2) is 0 Å². The summed E-state index contributed by atoms with van der Waals surface area (Å²) in [5.41, 5.74) is 1.63. The van der Waals surface area contributed by atoms with E-state index in [1.54, 1.807) is 29.2 Å². The number of benzene rings is 2. The zero-order valence-corrected chi connectivity index (χ0v) is 20.3. The van der Waals surface area contributed by atoms with E-state index in [1.807, 2.05) is 36.9 Å². The Labute approximate surface area is 202 Å². The quantitative estimate of drug-likeness (QED) is 0.617. The van der Waals surface area contributed by atoms with Crippen LogP contribution in [0.25, 0.3) is 0 Å². The first-order valence-electron chi connectivity index (χ1n) is 11.9. The van der Waals surface area contributed by atoms with E-state index < -0.39 is 6.04 Å². The van der Waals surface area contributed by atoms with E-state index in [1.165, 1.54) is 12.7 Å². The second kappa shape index (κ2) is 12.2. The Balaban J connectivity index is 1.51. The lowest BCUT2D eigenvalue weighted by molar-refractivity contribution is -0.141. The van der Waals surface area contributed by atoms with Gasteiger partial charge in [-0.05, 0) is 36.5 Å². The minimum absolute atomic E-state index is 0.0798. The molecule has 1 unspecified atom stereocenters. The molecule has 1 aliphatic rings. The number of piperazine rings is 1. The van der Waals surface area contributed by atoms with Crippen molar-refractivity contribution in [3.63, 3.8) is 0 Å². The van der Waals surface area contributed by atoms with Gasteiger partial charge in [-0.2, -0.15) is 0 Å². The maximum atomic E-state index is 13.2. The van der Waals surface area contributed by atoms with Gasteiger partial charge in [-0.15, -0.1) is 0 Å². The number of rotatable bonds is 9. The van der Waals surface area contributed by atoms with Gasteiger partial charge in [0.25, 0.3) is 5.91 Å². The molecule has 0 aliphatic carbocycles. The number of hydrogen-bond acceptors (Lipinski definition) is 4. The number of carbonyl (C=O) groups excluding carboxylic acids is 3. The molecule has 1 aliphatic heterocycles. The van der Waals surface area contributed by atoms with Crippen LogP contribution in [0.5, 0.6) is 5.75 Å². The molecule has 1 saturated heterocycles. The second-order valence-electron chi connectivity index (χ2n) is 8.94. The van der Waals surface area contributed by atoms with Crippen molar-refractivity contribution < 1.29 is 19.1 Å². The topological polar surface area (TPSA) is 79.0 Å². The third kappa shape index (κ3) is 6.59. The van der Waals surface area contributed by atoms with Crippen LogP contribution in [0.1, 0.15) is 42.6 Å². The first kappa shape index (κ1) is 25.3. The summed E-state index contributed by atoms with van der Waals surface area (Å²) in [7, 11) is 1.51. The molecule has 7 heteroatoms. The average molecular weight is 466 g/mol. The molecular formula is C27H35N3O4. The molecule has 1 heterocycles. The summed E-state index contributed by atoms with van der Waals surface area (Å²) in [5.74, 6) is 0.0669. The summed E-state index contributed by atoms with van der Waals surface area (Å²) in [6.45, 7) is 5.80. The molecule has 7 nitrogen and oxygen atoms in total. The van der Waals surface area contributed by atoms with Gasteiger partial charge in [0, 0.05) is 32.6 Å². The van der Waals surface area contributed by atoms with Crippen molar-refractivity contribution >= 4 is 17.7 Å². The number of amides is 3. The molecule has 3 rings (SSSR count). The maximum Gasteiger partial charge on any atom is 0.255 e. The summed E-state index contributed by atoms with van der Waals surface area (Å²) >= 11 is 0. The fourth-order valence-corrected chi connectivity index (χ4v) is 4.18. The highest BCUT2D eigenvalue weighted by atomic mass is 16.5. The molecule has 1 N–H and O–H groups in total. The van der Waals surface area contributed by atoms with Crippen LogP contribution < -0.4 is 10.1 Å². The van der Waals surface area contributed by atoms with Crippen LogP contribution >= 0.6 is 0 Å². The Kier molecular flexibility index (Phi) is 9.08. The SMILES string of the molecule is COc1ccccc1C(=O)NC(C(=O)N1CCN(C(=O)CCCc2ccccc2)CC1)C(C)C. The second-order valence-corrected chi connectivity index (χ2v) is 8.94. The Morgan fingerprint density at radius 3 is 2.18 bits per heavy atom. The highest BCUT2D eigenvalue weighted by Gasteiger charge is 2.32. The number of ether oxygens (including phenoxy) is 1. The largest absolute Gasteiger partial charge is 0.496 e. The fourth-order valence-electron chi connectivity index (χ4n) is 4.18. The van der Waals surface area contributed by atoms with Crippen LogP contribution in [0.15, 0.2) is 54.6 Å². The minimum Gasteiger partial charge on any atom is -0.496 e. The van der Waals surface area contributed by atoms with Gasteiger partial charge in [-0.3, -0.25) is 14.4 Å². The predicted molar refractivity (Wildman–Crippen MR) is 132 cm³/mol. The van der Waals surface area contributed by atoms with Gasteiger partial charge in [0.15, 0.2) is 0 Å². The standard InChI is InChI=1S/C27H35N3O4/c1-20(2)25(28-26(32)22-13-7-8-14-23(22)34-3)27(33)30-18-16-29(17-19-30)24(31)15-9-12-21-10-5-4-6-11-21/h4-8,10-11,13-14,20,25H,9,12,15-19H2,1-3H3,(H,28,32). The minimum atomic E-state index is -0.648. The van der Waals surface area contributed by atoms with E-state index in [9.17, 15) is 14.4 Å². The maximum absolute atomic E-state index is 13.2. The normalized spacial score (nSPS) is 14.6. The first-order valence-corrected chi connectivity index (χ1v) is 11.9. The van der Waals surface area contributed by atoms with Crippen molar-refractivity contribution in [2.45, 2.75) is 39.2 Å². The van der Waals surface area contributed by atoms with Gasteiger partial charge in [0.05, 0.1) is 12.7 Å². The molecule has 1 atom stereocenters. The van der Waals surface area contributed by atoms with E-state index in [0.717, 1.165) is 12.8 Å². The molecule has 2 aromatic carbocycles. The van der Waals surface area contributed by atoms with E-state index in [0.29, 0.717) is 43.9 Å². The van der Waals surface area contributed by atoms with E-state index in [-0.39, 0.29) is 23.6 Å². The summed E-state index contributed by atoms with van der Waals surface area (Å²) in [4.78, 5) is 42.3. The van der Waals surface area contributed by atoms with E-state index >= 15 is 0 Å². The van der Waals surface area contributed by atoms with E-state index in [4.69, 9.17) is 4.74 Å². The number of nitrogens with one attached hydrogen (secondary N) is 1. The molecule has 0 spiro atoms. The Morgan fingerprint density at radius 1 is 0.912 bits per heavy atom. The number of hydrogen-bond donors (Lipinski definition) is 1. The van der Waals surface area contributed by atoms with Crippen LogP contribution in [-0.2, 0) is 16.0 Å². The smallest absolute Gasteiger partial charge is 0.255 e. The van der Waals surface area contributed by atoms with Gasteiger partial charge in [-0.1, -0.05) is 56.3 Å². The Bertz CT molecular complexity index is 969. The van der Waals surface area contributed by atoms with Crippen LogP contribution in [0.3, 0.4) is 0 Å². The molecule has 3 amide bonds. The molecule has 0 aromatic heterocycles. The van der Waals surface area contributed by atoms with Crippen molar-refractivity contribution in [1.29, 1.82) is 0 Å². The lowest BCUT2D eigenvalue weighted by atomic mass is 10.0. The summed E-state index contributed by atoms with van der Waals surface area (Å²) < 4.78 is 5.28. The molecule has 2 aromatic rings. The molecule has 34 heavy (non-hydrogen) atoms.